The summed E-state index contributed by atoms with van der Waals surface area (Å²) in [6.45, 7) is 3.85. The summed E-state index contributed by atoms with van der Waals surface area (Å²) >= 11 is 0. The van der Waals surface area contributed by atoms with E-state index < -0.39 is 28.0 Å². The highest BCUT2D eigenvalue weighted by molar-refractivity contribution is 5.93. The second-order valence-electron chi connectivity index (χ2n) is 5.19. The normalized spacial score (nSPS) is 19.6. The number of carboxylic acids is 1. The molecule has 1 unspecified atom stereocenters. The Morgan fingerprint density at radius 1 is 1.48 bits per heavy atom. The standard InChI is InChI=1S/C13H16FN3O4/c1-8-7-15(2)3-4-16(8)12-5-9(13(18)19)11(17(20)21)6-10(12)14/h5-6,8H,3-4,7H2,1-2H3,(H,18,19). The van der Waals surface area contributed by atoms with Gasteiger partial charge in [-0.1, -0.05) is 0 Å². The predicted molar refractivity (Wildman–Crippen MR) is 74.3 cm³/mol. The van der Waals surface area contributed by atoms with Gasteiger partial charge in [0.05, 0.1) is 16.7 Å². The number of carboxylic acid groups (broad SMARTS) is 1. The molecule has 1 aromatic carbocycles. The predicted octanol–water partition coefficient (Wildman–Crippen LogP) is 1.57. The van der Waals surface area contributed by atoms with Crippen molar-refractivity contribution in [2.75, 3.05) is 31.6 Å². The first-order valence-electron chi connectivity index (χ1n) is 6.47. The van der Waals surface area contributed by atoms with Gasteiger partial charge in [0.1, 0.15) is 5.56 Å². The minimum absolute atomic E-state index is 0.0126. The van der Waals surface area contributed by atoms with E-state index in [2.05, 4.69) is 4.90 Å². The molecule has 0 spiro atoms. The number of likely N-dealkylation sites (N-methyl/N-ethyl adjacent to an activating group) is 1. The number of nitro benzene ring substituents is 1. The summed E-state index contributed by atoms with van der Waals surface area (Å²) in [7, 11) is 1.95. The van der Waals surface area contributed by atoms with E-state index >= 15 is 0 Å². The monoisotopic (exact) mass is 297 g/mol. The minimum Gasteiger partial charge on any atom is -0.477 e. The molecule has 1 N–H and O–H groups in total. The number of nitrogens with zero attached hydrogens (tertiary/aromatic N) is 3. The molecule has 21 heavy (non-hydrogen) atoms. The van der Waals surface area contributed by atoms with Crippen molar-refractivity contribution in [1.82, 2.24) is 4.90 Å². The van der Waals surface area contributed by atoms with E-state index in [1.807, 2.05) is 14.0 Å². The van der Waals surface area contributed by atoms with Gasteiger partial charge in [0.15, 0.2) is 5.82 Å². The van der Waals surface area contributed by atoms with Gasteiger partial charge in [-0.25, -0.2) is 9.18 Å². The fourth-order valence-corrected chi connectivity index (χ4v) is 2.59. The Balaban J connectivity index is 2.47. The van der Waals surface area contributed by atoms with Crippen LogP contribution in [0.25, 0.3) is 0 Å². The quantitative estimate of drug-likeness (QED) is 0.673. The number of hydrogen-bond acceptors (Lipinski definition) is 5. The lowest BCUT2D eigenvalue weighted by Crippen LogP contribution is -2.50. The molecule has 1 saturated heterocycles. The van der Waals surface area contributed by atoms with Crippen molar-refractivity contribution in [3.8, 4) is 0 Å². The highest BCUT2D eigenvalue weighted by Crippen LogP contribution is 2.30. The molecule has 1 fully saturated rings. The summed E-state index contributed by atoms with van der Waals surface area (Å²) in [4.78, 5) is 24.9. The molecule has 0 bridgehead atoms. The zero-order valence-electron chi connectivity index (χ0n) is 11.7. The fraction of sp³-hybridized carbons (Fsp3) is 0.462. The summed E-state index contributed by atoms with van der Waals surface area (Å²) in [5.41, 5.74) is -1.13. The molecule has 1 aliphatic heterocycles. The van der Waals surface area contributed by atoms with Crippen molar-refractivity contribution in [1.29, 1.82) is 0 Å². The summed E-state index contributed by atoms with van der Waals surface area (Å²) in [6.07, 6.45) is 0. The van der Waals surface area contributed by atoms with E-state index in [1.165, 1.54) is 0 Å². The summed E-state index contributed by atoms with van der Waals surface area (Å²) in [5.74, 6) is -2.21. The van der Waals surface area contributed by atoms with Crippen LogP contribution in [-0.4, -0.2) is 53.6 Å². The number of halogens is 1. The fourth-order valence-electron chi connectivity index (χ4n) is 2.59. The van der Waals surface area contributed by atoms with Crippen LogP contribution in [0.5, 0.6) is 0 Å². The van der Waals surface area contributed by atoms with Gasteiger partial charge >= 0.3 is 5.97 Å². The van der Waals surface area contributed by atoms with Gasteiger partial charge < -0.3 is 14.9 Å². The van der Waals surface area contributed by atoms with Crippen molar-refractivity contribution in [3.05, 3.63) is 33.6 Å². The first-order chi connectivity index (χ1) is 9.81. The Labute approximate surface area is 120 Å². The zero-order valence-corrected chi connectivity index (χ0v) is 11.7. The molecule has 2 rings (SSSR count). The van der Waals surface area contributed by atoms with E-state index in [4.69, 9.17) is 5.11 Å². The largest absolute Gasteiger partial charge is 0.477 e. The van der Waals surface area contributed by atoms with Crippen LogP contribution in [0.1, 0.15) is 17.3 Å². The average molecular weight is 297 g/mol. The molecule has 1 heterocycles. The van der Waals surface area contributed by atoms with E-state index in [0.717, 1.165) is 6.07 Å². The molecule has 0 saturated carbocycles. The molecule has 1 aromatic rings. The molecule has 1 aliphatic rings. The van der Waals surface area contributed by atoms with Crippen molar-refractivity contribution in [2.45, 2.75) is 13.0 Å². The molecule has 0 amide bonds. The molecule has 114 valence electrons. The smallest absolute Gasteiger partial charge is 0.342 e. The first-order valence-corrected chi connectivity index (χ1v) is 6.47. The van der Waals surface area contributed by atoms with Gasteiger partial charge in [-0.3, -0.25) is 10.1 Å². The van der Waals surface area contributed by atoms with Crippen LogP contribution in [0, 0.1) is 15.9 Å². The maximum absolute atomic E-state index is 14.2. The Bertz CT molecular complexity index is 593. The van der Waals surface area contributed by atoms with Gasteiger partial charge in [0, 0.05) is 25.7 Å². The second kappa shape index (κ2) is 5.65. The Morgan fingerprint density at radius 2 is 2.14 bits per heavy atom. The molecular weight excluding hydrogens is 281 g/mol. The number of rotatable bonds is 3. The molecule has 0 aliphatic carbocycles. The van der Waals surface area contributed by atoms with Crippen molar-refractivity contribution in [2.24, 2.45) is 0 Å². The van der Waals surface area contributed by atoms with Crippen LogP contribution in [0.15, 0.2) is 12.1 Å². The van der Waals surface area contributed by atoms with Gasteiger partial charge in [-0.05, 0) is 20.0 Å². The summed E-state index contributed by atoms with van der Waals surface area (Å²) in [5, 5.41) is 19.9. The van der Waals surface area contributed by atoms with E-state index in [9.17, 15) is 19.3 Å². The Morgan fingerprint density at radius 3 is 2.67 bits per heavy atom. The molecule has 0 aromatic heterocycles. The zero-order chi connectivity index (χ0) is 15.7. The molecule has 7 nitrogen and oxygen atoms in total. The number of anilines is 1. The average Bonchev–Trinajstić information content (AvgIpc) is 2.38. The number of carbonyl (C=O) groups is 1. The van der Waals surface area contributed by atoms with Gasteiger partial charge in [-0.15, -0.1) is 0 Å². The number of hydrogen-bond donors (Lipinski definition) is 1. The number of nitro groups is 1. The molecule has 8 heteroatoms. The van der Waals surface area contributed by atoms with Crippen LogP contribution in [0.4, 0.5) is 15.8 Å². The van der Waals surface area contributed by atoms with Crippen molar-refractivity contribution in [3.63, 3.8) is 0 Å². The van der Waals surface area contributed by atoms with E-state index in [1.54, 1.807) is 4.90 Å². The molecule has 1 atom stereocenters. The van der Waals surface area contributed by atoms with Gasteiger partial charge in [0.2, 0.25) is 0 Å². The highest BCUT2D eigenvalue weighted by atomic mass is 19.1. The maximum atomic E-state index is 14.2. The summed E-state index contributed by atoms with van der Waals surface area (Å²) < 4.78 is 14.2. The first kappa shape index (κ1) is 15.2. The highest BCUT2D eigenvalue weighted by Gasteiger charge is 2.29. The number of aromatic carboxylic acids is 1. The third kappa shape index (κ3) is 2.94. The van der Waals surface area contributed by atoms with Crippen LogP contribution in [0.2, 0.25) is 0 Å². The van der Waals surface area contributed by atoms with Crippen LogP contribution in [-0.2, 0) is 0 Å². The number of piperazine rings is 1. The summed E-state index contributed by atoms with van der Waals surface area (Å²) in [6, 6.07) is 1.72. The lowest BCUT2D eigenvalue weighted by atomic mass is 10.1. The lowest BCUT2D eigenvalue weighted by molar-refractivity contribution is -0.385. The van der Waals surface area contributed by atoms with Crippen molar-refractivity contribution >= 4 is 17.3 Å². The van der Waals surface area contributed by atoms with Crippen molar-refractivity contribution < 1.29 is 19.2 Å². The Kier molecular flexibility index (Phi) is 4.08. The van der Waals surface area contributed by atoms with Gasteiger partial charge in [0.25, 0.3) is 5.69 Å². The third-order valence-electron chi connectivity index (χ3n) is 3.63. The lowest BCUT2D eigenvalue weighted by Gasteiger charge is -2.39. The molecular formula is C13H16FN3O4. The topological polar surface area (TPSA) is 86.9 Å². The minimum atomic E-state index is -1.44. The Hall–Kier alpha value is -2.22. The number of benzene rings is 1. The van der Waals surface area contributed by atoms with Crippen LogP contribution in [0.3, 0.4) is 0 Å². The molecule has 0 radical (unpaired) electrons. The van der Waals surface area contributed by atoms with E-state index in [0.29, 0.717) is 25.7 Å². The van der Waals surface area contributed by atoms with Crippen LogP contribution < -0.4 is 4.90 Å². The second-order valence-corrected chi connectivity index (χ2v) is 5.19. The van der Waals surface area contributed by atoms with E-state index in [-0.39, 0.29) is 11.7 Å². The van der Waals surface area contributed by atoms with Crippen LogP contribution >= 0.6 is 0 Å². The SMILES string of the molecule is CC1CN(C)CCN1c1cc(C(=O)O)c([N+](=O)[O-])cc1F. The third-order valence-corrected chi connectivity index (χ3v) is 3.63. The van der Waals surface area contributed by atoms with Gasteiger partial charge in [-0.2, -0.15) is 0 Å². The maximum Gasteiger partial charge on any atom is 0.342 e.